The Bertz CT molecular complexity index is 1430. The SMILES string of the molecule is C[C@H]1CC[C@@H](O)[C@H](Cc2occc2[C@H]2OC(=O)[C@H]3O[C@@]34[C@]3(C)[C@H](O)C(=O)[C@H]5C(C)(C)O[C@H]6CC(=O)OC[C@@]65[C@@H]3CC[C@]24C)C1. The van der Waals surface area contributed by atoms with Crippen LogP contribution < -0.4 is 0 Å². The molecule has 2 spiro atoms. The molecule has 13 atom stereocenters. The molecule has 1 aromatic rings. The number of rotatable bonds is 3. The minimum atomic E-state index is -1.42. The maximum absolute atomic E-state index is 14.4. The highest BCUT2D eigenvalue weighted by Crippen LogP contribution is 2.80. The van der Waals surface area contributed by atoms with Gasteiger partial charge in [0.05, 0.1) is 36.4 Å². The van der Waals surface area contributed by atoms with E-state index >= 15 is 0 Å². The van der Waals surface area contributed by atoms with Gasteiger partial charge in [0.15, 0.2) is 11.9 Å². The molecule has 1 aromatic heterocycles. The molecule has 240 valence electrons. The average Bonchev–Trinajstić information content (AvgIpc) is 3.52. The van der Waals surface area contributed by atoms with Gasteiger partial charge in [0.1, 0.15) is 30.2 Å². The van der Waals surface area contributed by atoms with E-state index in [4.69, 9.17) is 23.4 Å². The van der Waals surface area contributed by atoms with E-state index in [0.717, 1.165) is 24.8 Å². The summed E-state index contributed by atoms with van der Waals surface area (Å²) in [5, 5.41) is 22.9. The molecule has 0 aromatic carbocycles. The van der Waals surface area contributed by atoms with E-state index in [0.29, 0.717) is 30.9 Å². The molecule has 44 heavy (non-hydrogen) atoms. The molecular formula is C34H44O10. The quantitative estimate of drug-likeness (QED) is 0.385. The third-order valence-electron chi connectivity index (χ3n) is 13.6. The van der Waals surface area contributed by atoms with Crippen molar-refractivity contribution in [3.63, 3.8) is 0 Å². The smallest absolute Gasteiger partial charge is 0.339 e. The van der Waals surface area contributed by atoms with Crippen LogP contribution in [0.1, 0.15) is 90.6 Å². The van der Waals surface area contributed by atoms with Crippen molar-refractivity contribution in [2.24, 2.45) is 39.9 Å². The number of aliphatic hydroxyl groups excluding tert-OH is 2. The monoisotopic (exact) mass is 612 g/mol. The lowest BCUT2D eigenvalue weighted by Gasteiger charge is -2.66. The molecule has 3 aliphatic carbocycles. The Morgan fingerprint density at radius 1 is 1.00 bits per heavy atom. The lowest BCUT2D eigenvalue weighted by molar-refractivity contribution is -0.252. The second-order valence-electron chi connectivity index (χ2n) is 16.0. The first kappa shape index (κ1) is 29.2. The zero-order valence-corrected chi connectivity index (χ0v) is 26.2. The van der Waals surface area contributed by atoms with E-state index in [2.05, 4.69) is 6.92 Å². The van der Waals surface area contributed by atoms with Crippen LogP contribution in [0.4, 0.5) is 0 Å². The zero-order valence-electron chi connectivity index (χ0n) is 26.2. The van der Waals surface area contributed by atoms with Gasteiger partial charge in [-0.2, -0.15) is 0 Å². The number of esters is 2. The Labute approximate surface area is 257 Å². The molecule has 7 fully saturated rings. The number of epoxide rings is 1. The third kappa shape index (κ3) is 3.28. The molecule has 0 radical (unpaired) electrons. The average molecular weight is 613 g/mol. The van der Waals surface area contributed by atoms with Crippen molar-refractivity contribution in [2.75, 3.05) is 6.61 Å². The number of hydrogen-bond donors (Lipinski definition) is 2. The molecular weight excluding hydrogens is 568 g/mol. The summed E-state index contributed by atoms with van der Waals surface area (Å²) in [5.41, 5.74) is -4.16. The molecule has 0 amide bonds. The number of carbonyl (C=O) groups is 3. The standard InChI is InChI=1S/C34H44O10/c1-16-6-7-19(35)17(12-16)13-20-18(9-11-40-20)27-31(4)10-8-21-32(5,34(31)28(44-34)29(39)42-27)26(38)24(37)25-30(2,3)43-22-14-23(36)41-15-33(21,22)25/h9,11,16-17,19,21-22,25-28,35,38H,6-8,10,12-15H2,1-5H3/t16-,17-,19+,21+,22-,25-,26+,27+,28+,31+,32-,33+,34-/m0/s1. The molecule has 5 heterocycles. The Morgan fingerprint density at radius 2 is 1.77 bits per heavy atom. The summed E-state index contributed by atoms with van der Waals surface area (Å²) < 4.78 is 31.0. The van der Waals surface area contributed by atoms with Crippen LogP contribution in [0.2, 0.25) is 0 Å². The van der Waals surface area contributed by atoms with Crippen LogP contribution in [-0.2, 0) is 39.8 Å². The largest absolute Gasteiger partial charge is 0.469 e. The van der Waals surface area contributed by atoms with Crippen molar-refractivity contribution in [3.05, 3.63) is 23.7 Å². The van der Waals surface area contributed by atoms with Crippen LogP contribution in [0.3, 0.4) is 0 Å². The molecule has 8 rings (SSSR count). The van der Waals surface area contributed by atoms with Crippen molar-refractivity contribution in [3.8, 4) is 0 Å². The fourth-order valence-electron chi connectivity index (χ4n) is 11.8. The molecule has 3 saturated carbocycles. The van der Waals surface area contributed by atoms with Crippen molar-refractivity contribution >= 4 is 17.7 Å². The molecule has 10 heteroatoms. The Kier molecular flexibility index (Phi) is 5.93. The van der Waals surface area contributed by atoms with Gasteiger partial charge in [-0.15, -0.1) is 0 Å². The normalized spacial score (nSPS) is 52.1. The lowest BCUT2D eigenvalue weighted by Crippen LogP contribution is -2.76. The molecule has 0 bridgehead atoms. The molecule has 10 nitrogen and oxygen atoms in total. The summed E-state index contributed by atoms with van der Waals surface area (Å²) in [6, 6.07) is 1.85. The Hall–Kier alpha value is -2.27. The van der Waals surface area contributed by atoms with Gasteiger partial charge in [-0.25, -0.2) is 4.79 Å². The number of cyclic esters (lactones) is 2. The number of fused-ring (bicyclic) bond motifs is 1. The molecule has 7 aliphatic rings. The maximum atomic E-state index is 14.4. The minimum Gasteiger partial charge on any atom is -0.469 e. The predicted octanol–water partition coefficient (Wildman–Crippen LogP) is 3.45. The summed E-state index contributed by atoms with van der Waals surface area (Å²) in [5.74, 6) is -0.977. The fourth-order valence-corrected chi connectivity index (χ4v) is 11.8. The molecule has 4 aliphatic heterocycles. The van der Waals surface area contributed by atoms with Crippen LogP contribution in [0.15, 0.2) is 16.7 Å². The van der Waals surface area contributed by atoms with Gasteiger partial charge in [0.2, 0.25) is 0 Å². The highest BCUT2D eigenvalue weighted by molar-refractivity contribution is 5.92. The summed E-state index contributed by atoms with van der Waals surface area (Å²) in [6.45, 7) is 9.89. The molecule has 2 N–H and O–H groups in total. The number of ketones is 1. The van der Waals surface area contributed by atoms with E-state index in [1.165, 1.54) is 0 Å². The van der Waals surface area contributed by atoms with Crippen LogP contribution in [-0.4, -0.2) is 70.2 Å². The van der Waals surface area contributed by atoms with E-state index in [-0.39, 0.29) is 36.6 Å². The van der Waals surface area contributed by atoms with Crippen LogP contribution in [0.5, 0.6) is 0 Å². The van der Waals surface area contributed by atoms with Crippen molar-refractivity contribution in [2.45, 2.75) is 121 Å². The molecule has 0 unspecified atom stereocenters. The van der Waals surface area contributed by atoms with Gasteiger partial charge in [-0.1, -0.05) is 20.8 Å². The van der Waals surface area contributed by atoms with Gasteiger partial charge in [-0.05, 0) is 69.8 Å². The van der Waals surface area contributed by atoms with E-state index in [9.17, 15) is 24.6 Å². The number of Topliss-reactive ketones (excluding diaryl/α,β-unsaturated/α-hetero) is 1. The van der Waals surface area contributed by atoms with E-state index in [1.807, 2.05) is 33.8 Å². The van der Waals surface area contributed by atoms with Gasteiger partial charge in [0, 0.05) is 28.2 Å². The lowest BCUT2D eigenvalue weighted by atomic mass is 9.36. The van der Waals surface area contributed by atoms with Gasteiger partial charge < -0.3 is 33.6 Å². The topological polar surface area (TPSA) is 145 Å². The van der Waals surface area contributed by atoms with Crippen molar-refractivity contribution < 1.29 is 48.0 Å². The van der Waals surface area contributed by atoms with E-state index in [1.54, 1.807) is 6.26 Å². The van der Waals surface area contributed by atoms with Gasteiger partial charge >= 0.3 is 11.9 Å². The Balaban J connectivity index is 1.22. The predicted molar refractivity (Wildman–Crippen MR) is 152 cm³/mol. The first-order chi connectivity index (χ1) is 20.7. The van der Waals surface area contributed by atoms with Crippen LogP contribution in [0, 0.1) is 39.9 Å². The Morgan fingerprint density at radius 3 is 2.55 bits per heavy atom. The van der Waals surface area contributed by atoms with Crippen molar-refractivity contribution in [1.82, 2.24) is 0 Å². The van der Waals surface area contributed by atoms with Crippen LogP contribution in [0.25, 0.3) is 0 Å². The summed E-state index contributed by atoms with van der Waals surface area (Å²) in [4.78, 5) is 40.6. The maximum Gasteiger partial charge on any atom is 0.339 e. The summed E-state index contributed by atoms with van der Waals surface area (Å²) in [7, 11) is 0. The summed E-state index contributed by atoms with van der Waals surface area (Å²) in [6.07, 6.45) is 1.97. The van der Waals surface area contributed by atoms with E-state index < -0.39 is 69.9 Å². The van der Waals surface area contributed by atoms with Gasteiger partial charge in [0.25, 0.3) is 0 Å². The van der Waals surface area contributed by atoms with Crippen molar-refractivity contribution in [1.29, 1.82) is 0 Å². The highest BCUT2D eigenvalue weighted by Gasteiger charge is 2.90. The number of carbonyl (C=O) groups excluding carboxylic acids is 3. The summed E-state index contributed by atoms with van der Waals surface area (Å²) >= 11 is 0. The number of furan rings is 1. The highest BCUT2D eigenvalue weighted by atomic mass is 16.7. The molecule has 4 saturated heterocycles. The number of ether oxygens (including phenoxy) is 4. The van der Waals surface area contributed by atoms with Crippen LogP contribution >= 0.6 is 0 Å². The second kappa shape index (κ2) is 8.96. The number of hydrogen-bond acceptors (Lipinski definition) is 10. The fraction of sp³-hybridized carbons (Fsp3) is 0.794. The first-order valence-electron chi connectivity index (χ1n) is 16.4. The minimum absolute atomic E-state index is 0.0304. The first-order valence-corrected chi connectivity index (χ1v) is 16.4. The number of aliphatic hydroxyl groups is 2. The zero-order chi connectivity index (χ0) is 31.2. The second-order valence-corrected chi connectivity index (χ2v) is 16.0. The third-order valence-corrected chi connectivity index (χ3v) is 13.6. The van der Waals surface area contributed by atoms with Gasteiger partial charge in [-0.3, -0.25) is 9.59 Å².